The highest BCUT2D eigenvalue weighted by atomic mass is 35.5. The van der Waals surface area contributed by atoms with Gasteiger partial charge in [0.1, 0.15) is 5.76 Å². The van der Waals surface area contributed by atoms with Crippen LogP contribution in [0.2, 0.25) is 0 Å². The summed E-state index contributed by atoms with van der Waals surface area (Å²) in [4.78, 5) is 0. The molecule has 1 rings (SSSR count). The highest BCUT2D eigenvalue weighted by molar-refractivity contribution is 6.17. The number of nitrogens with one attached hydrogen (secondary N) is 1. The minimum Gasteiger partial charge on any atom is -0.469 e. The molecule has 0 fully saturated rings. The lowest BCUT2D eigenvalue weighted by atomic mass is 10.1. The van der Waals surface area contributed by atoms with Gasteiger partial charge in [-0.1, -0.05) is 0 Å². The molecule has 4 heteroatoms. The van der Waals surface area contributed by atoms with Crippen molar-refractivity contribution in [2.45, 2.75) is 25.3 Å². The zero-order valence-corrected chi connectivity index (χ0v) is 8.26. The SMILES string of the molecule is NNC(CCCCl)Cc1ccco1. The second kappa shape index (κ2) is 6.02. The van der Waals surface area contributed by atoms with Crippen molar-refractivity contribution in [2.75, 3.05) is 5.88 Å². The molecule has 0 amide bonds. The molecule has 0 aliphatic rings. The van der Waals surface area contributed by atoms with Gasteiger partial charge in [0.15, 0.2) is 0 Å². The third kappa shape index (κ3) is 3.81. The Hall–Kier alpha value is -0.510. The number of hydrogen-bond acceptors (Lipinski definition) is 3. The summed E-state index contributed by atoms with van der Waals surface area (Å²) >= 11 is 5.59. The molecule has 0 aliphatic heterocycles. The summed E-state index contributed by atoms with van der Waals surface area (Å²) in [5.41, 5.74) is 2.76. The van der Waals surface area contributed by atoms with Crippen molar-refractivity contribution in [3.05, 3.63) is 24.2 Å². The Balaban J connectivity index is 2.31. The Labute approximate surface area is 83.2 Å². The van der Waals surface area contributed by atoms with Crippen LogP contribution in [0, 0.1) is 0 Å². The summed E-state index contributed by atoms with van der Waals surface area (Å²) in [6.07, 6.45) is 4.43. The predicted molar refractivity (Wildman–Crippen MR) is 53.5 cm³/mol. The Bertz CT molecular complexity index is 213. The first-order valence-corrected chi connectivity index (χ1v) is 4.94. The van der Waals surface area contributed by atoms with E-state index in [9.17, 15) is 0 Å². The number of nitrogens with two attached hydrogens (primary N) is 1. The van der Waals surface area contributed by atoms with E-state index in [2.05, 4.69) is 5.43 Å². The van der Waals surface area contributed by atoms with Gasteiger partial charge in [-0.15, -0.1) is 11.6 Å². The maximum absolute atomic E-state index is 5.59. The summed E-state index contributed by atoms with van der Waals surface area (Å²) in [6, 6.07) is 4.08. The number of halogens is 1. The van der Waals surface area contributed by atoms with Gasteiger partial charge >= 0.3 is 0 Å². The molecule has 0 radical (unpaired) electrons. The Morgan fingerprint density at radius 2 is 2.46 bits per heavy atom. The number of furan rings is 1. The zero-order chi connectivity index (χ0) is 9.52. The van der Waals surface area contributed by atoms with Gasteiger partial charge < -0.3 is 4.42 Å². The van der Waals surface area contributed by atoms with Crippen molar-refractivity contribution < 1.29 is 4.42 Å². The van der Waals surface area contributed by atoms with Gasteiger partial charge in [-0.05, 0) is 25.0 Å². The zero-order valence-electron chi connectivity index (χ0n) is 7.50. The number of hydrazine groups is 1. The third-order valence-corrected chi connectivity index (χ3v) is 2.22. The van der Waals surface area contributed by atoms with E-state index in [0.717, 1.165) is 25.0 Å². The highest BCUT2D eigenvalue weighted by Crippen LogP contribution is 2.07. The summed E-state index contributed by atoms with van der Waals surface area (Å²) in [7, 11) is 0. The molecular weight excluding hydrogens is 188 g/mol. The van der Waals surface area contributed by atoms with E-state index < -0.39 is 0 Å². The van der Waals surface area contributed by atoms with E-state index in [1.54, 1.807) is 6.26 Å². The molecule has 1 aromatic rings. The molecule has 1 heterocycles. The Morgan fingerprint density at radius 1 is 1.62 bits per heavy atom. The van der Waals surface area contributed by atoms with E-state index in [4.69, 9.17) is 21.9 Å². The van der Waals surface area contributed by atoms with Crippen LogP contribution in [0.15, 0.2) is 22.8 Å². The van der Waals surface area contributed by atoms with E-state index in [0.29, 0.717) is 5.88 Å². The average molecular weight is 203 g/mol. The first-order chi connectivity index (χ1) is 6.36. The summed E-state index contributed by atoms with van der Waals surface area (Å²) in [5, 5.41) is 0. The van der Waals surface area contributed by atoms with Crippen molar-refractivity contribution in [2.24, 2.45) is 5.84 Å². The van der Waals surface area contributed by atoms with Gasteiger partial charge in [0.25, 0.3) is 0 Å². The molecule has 1 atom stereocenters. The van der Waals surface area contributed by atoms with Gasteiger partial charge in [-0.25, -0.2) is 0 Å². The summed E-state index contributed by atoms with van der Waals surface area (Å²) < 4.78 is 5.22. The molecular formula is C9H15ClN2O. The van der Waals surface area contributed by atoms with Crippen molar-refractivity contribution in [1.29, 1.82) is 0 Å². The lowest BCUT2D eigenvalue weighted by molar-refractivity contribution is 0.428. The second-order valence-electron chi connectivity index (χ2n) is 2.98. The molecule has 0 saturated carbocycles. The van der Waals surface area contributed by atoms with E-state index in [1.807, 2.05) is 12.1 Å². The highest BCUT2D eigenvalue weighted by Gasteiger charge is 2.08. The van der Waals surface area contributed by atoms with Crippen LogP contribution in [0.4, 0.5) is 0 Å². The van der Waals surface area contributed by atoms with E-state index in [-0.39, 0.29) is 6.04 Å². The fourth-order valence-electron chi connectivity index (χ4n) is 1.24. The quantitative estimate of drug-likeness (QED) is 0.419. The molecule has 0 aromatic carbocycles. The maximum atomic E-state index is 5.59. The number of rotatable bonds is 6. The number of hydrogen-bond donors (Lipinski definition) is 2. The van der Waals surface area contributed by atoms with E-state index >= 15 is 0 Å². The molecule has 0 bridgehead atoms. The lowest BCUT2D eigenvalue weighted by Crippen LogP contribution is -2.36. The minimum absolute atomic E-state index is 0.255. The molecule has 0 spiro atoms. The fraction of sp³-hybridized carbons (Fsp3) is 0.556. The summed E-state index contributed by atoms with van der Waals surface area (Å²) in [5.74, 6) is 7.03. The largest absolute Gasteiger partial charge is 0.469 e. The average Bonchev–Trinajstić information content (AvgIpc) is 2.64. The maximum Gasteiger partial charge on any atom is 0.105 e. The van der Waals surface area contributed by atoms with E-state index in [1.165, 1.54) is 0 Å². The molecule has 0 aliphatic carbocycles. The van der Waals surface area contributed by atoms with Gasteiger partial charge in [0.2, 0.25) is 0 Å². The standard InChI is InChI=1S/C9H15ClN2O/c10-5-1-3-8(12-11)7-9-4-2-6-13-9/h2,4,6,8,12H,1,3,5,7,11H2. The first-order valence-electron chi connectivity index (χ1n) is 4.41. The van der Waals surface area contributed by atoms with Crippen LogP contribution in [-0.2, 0) is 6.42 Å². The molecule has 74 valence electrons. The first kappa shape index (κ1) is 10.6. The van der Waals surface area contributed by atoms with Crippen LogP contribution in [0.1, 0.15) is 18.6 Å². The molecule has 0 saturated heterocycles. The van der Waals surface area contributed by atoms with Gasteiger partial charge in [-0.3, -0.25) is 11.3 Å². The van der Waals surface area contributed by atoms with Crippen LogP contribution >= 0.6 is 11.6 Å². The second-order valence-corrected chi connectivity index (χ2v) is 3.36. The minimum atomic E-state index is 0.255. The van der Waals surface area contributed by atoms with Crippen molar-refractivity contribution in [3.63, 3.8) is 0 Å². The van der Waals surface area contributed by atoms with Gasteiger partial charge in [0.05, 0.1) is 6.26 Å². The molecule has 13 heavy (non-hydrogen) atoms. The van der Waals surface area contributed by atoms with Crippen LogP contribution in [0.5, 0.6) is 0 Å². The molecule has 1 unspecified atom stereocenters. The van der Waals surface area contributed by atoms with Crippen LogP contribution in [0.25, 0.3) is 0 Å². The molecule has 3 nitrogen and oxygen atoms in total. The normalized spacial score (nSPS) is 13.1. The van der Waals surface area contributed by atoms with Crippen LogP contribution < -0.4 is 11.3 Å². The Morgan fingerprint density at radius 3 is 3.00 bits per heavy atom. The van der Waals surface area contributed by atoms with Crippen LogP contribution in [0.3, 0.4) is 0 Å². The van der Waals surface area contributed by atoms with Gasteiger partial charge in [-0.2, -0.15) is 0 Å². The molecule has 1 aromatic heterocycles. The topological polar surface area (TPSA) is 51.2 Å². The smallest absolute Gasteiger partial charge is 0.105 e. The Kier molecular flexibility index (Phi) is 4.90. The van der Waals surface area contributed by atoms with Crippen molar-refractivity contribution >= 4 is 11.6 Å². The molecule has 3 N–H and O–H groups in total. The fourth-order valence-corrected chi connectivity index (χ4v) is 1.39. The van der Waals surface area contributed by atoms with Crippen molar-refractivity contribution in [1.82, 2.24) is 5.43 Å². The summed E-state index contributed by atoms with van der Waals surface area (Å²) in [6.45, 7) is 0. The monoisotopic (exact) mass is 202 g/mol. The third-order valence-electron chi connectivity index (χ3n) is 1.95. The van der Waals surface area contributed by atoms with Gasteiger partial charge in [0, 0.05) is 18.3 Å². The lowest BCUT2D eigenvalue weighted by Gasteiger charge is -2.12. The predicted octanol–water partition coefficient (Wildman–Crippen LogP) is 1.67. The van der Waals surface area contributed by atoms with Crippen LogP contribution in [-0.4, -0.2) is 11.9 Å². The van der Waals surface area contributed by atoms with Crippen molar-refractivity contribution in [3.8, 4) is 0 Å². The number of alkyl halides is 1.